The van der Waals surface area contributed by atoms with Crippen LogP contribution in [0, 0.1) is 0 Å². The molecule has 0 fully saturated rings. The second kappa shape index (κ2) is 14.1. The van der Waals surface area contributed by atoms with E-state index in [1.807, 2.05) is 103 Å². The first-order valence-corrected chi connectivity index (χ1v) is 20.1. The second-order valence-electron chi connectivity index (χ2n) is 14.9. The topological polar surface area (TPSA) is 95.7 Å². The Bertz CT molecular complexity index is 3370. The van der Waals surface area contributed by atoms with Crippen molar-refractivity contribution in [1.82, 2.24) is 29.5 Å². The van der Waals surface area contributed by atoms with Crippen molar-refractivity contribution in [3.8, 4) is 73.9 Å². The van der Waals surface area contributed by atoms with E-state index in [9.17, 15) is 0 Å². The summed E-state index contributed by atoms with van der Waals surface area (Å²) >= 11 is 0. The fourth-order valence-corrected chi connectivity index (χ4v) is 8.10. The van der Waals surface area contributed by atoms with Crippen LogP contribution in [0.4, 0.5) is 0 Å². The first-order chi connectivity index (χ1) is 30.2. The molecule has 0 aliphatic heterocycles. The van der Waals surface area contributed by atoms with Gasteiger partial charge in [-0.1, -0.05) is 109 Å². The maximum atomic E-state index is 6.07. The molecule has 8 heteroatoms. The monoisotopic (exact) mass is 784 g/mol. The zero-order valence-corrected chi connectivity index (χ0v) is 32.5. The van der Waals surface area contributed by atoms with Crippen molar-refractivity contribution in [2.45, 2.75) is 0 Å². The van der Waals surface area contributed by atoms with Crippen molar-refractivity contribution in [3.05, 3.63) is 194 Å². The molecule has 0 radical (unpaired) electrons. The van der Waals surface area contributed by atoms with Crippen LogP contribution in [0.1, 0.15) is 0 Å². The third-order valence-corrected chi connectivity index (χ3v) is 11.2. The molecule has 8 aromatic carbocycles. The Hall–Kier alpha value is -8.49. The molecular formula is C53H32N6O2. The Balaban J connectivity index is 0.964. The molecule has 4 aromatic heterocycles. The zero-order chi connectivity index (χ0) is 40.3. The standard InChI is InChI=1S/C53H32N6O2/c1-2-10-33(11-3-1)34-26-29-40(30-27-34)59-45-15-7-4-12-41(45)42-32-39(28-31-46(42)59)51-57-49(35-18-22-37(23-19-35)52-54-43-13-5-8-16-47(43)60-52)56-50(58-51)36-20-24-38(25-21-36)53-55-44-14-6-9-17-48(44)61-53/h1-32H. The minimum absolute atomic E-state index is 0.549. The molecule has 4 heterocycles. The molecule has 8 nitrogen and oxygen atoms in total. The summed E-state index contributed by atoms with van der Waals surface area (Å²) in [6.45, 7) is 0. The Labute approximate surface area is 349 Å². The first kappa shape index (κ1) is 34.5. The van der Waals surface area contributed by atoms with Crippen molar-refractivity contribution in [3.63, 3.8) is 0 Å². The quantitative estimate of drug-likeness (QED) is 0.159. The zero-order valence-electron chi connectivity index (χ0n) is 32.5. The van der Waals surface area contributed by atoms with E-state index in [-0.39, 0.29) is 0 Å². The number of para-hydroxylation sites is 5. The van der Waals surface area contributed by atoms with Gasteiger partial charge in [-0.2, -0.15) is 0 Å². The van der Waals surface area contributed by atoms with Gasteiger partial charge in [0.05, 0.1) is 11.0 Å². The second-order valence-corrected chi connectivity index (χ2v) is 14.9. The minimum atomic E-state index is 0.549. The summed E-state index contributed by atoms with van der Waals surface area (Å²) in [5.74, 6) is 2.78. The van der Waals surface area contributed by atoms with Crippen molar-refractivity contribution in [1.29, 1.82) is 0 Å². The van der Waals surface area contributed by atoms with Crippen LogP contribution in [0.15, 0.2) is 203 Å². The summed E-state index contributed by atoms with van der Waals surface area (Å²) in [4.78, 5) is 24.7. The van der Waals surface area contributed by atoms with Gasteiger partial charge in [-0.05, 0) is 96.1 Å². The van der Waals surface area contributed by atoms with Crippen molar-refractivity contribution in [2.24, 2.45) is 0 Å². The number of nitrogens with zero attached hydrogens (tertiary/aromatic N) is 6. The molecule has 0 bridgehead atoms. The van der Waals surface area contributed by atoms with Gasteiger partial charge in [-0.15, -0.1) is 0 Å². The van der Waals surface area contributed by atoms with Gasteiger partial charge < -0.3 is 13.4 Å². The summed E-state index contributed by atoms with van der Waals surface area (Å²) in [7, 11) is 0. The molecule has 0 amide bonds. The average molecular weight is 785 g/mol. The SMILES string of the molecule is c1ccc(-c2ccc(-n3c4ccccc4c4cc(-c5nc(-c6ccc(-c7nc8ccccc8o7)cc6)nc(-c6ccc(-c7nc8ccccc8o7)cc6)n5)ccc43)cc2)cc1. The van der Waals surface area contributed by atoms with Gasteiger partial charge in [0.1, 0.15) is 11.0 Å². The molecule has 0 N–H and O–H groups in total. The lowest BCUT2D eigenvalue weighted by Crippen LogP contribution is -2.00. The van der Waals surface area contributed by atoms with Gasteiger partial charge in [0, 0.05) is 44.3 Å². The fourth-order valence-electron chi connectivity index (χ4n) is 8.10. The number of hydrogen-bond acceptors (Lipinski definition) is 7. The molecule has 0 saturated heterocycles. The molecule has 0 unspecified atom stereocenters. The van der Waals surface area contributed by atoms with Gasteiger partial charge >= 0.3 is 0 Å². The third-order valence-electron chi connectivity index (χ3n) is 11.2. The predicted molar refractivity (Wildman–Crippen MR) is 242 cm³/mol. The highest BCUT2D eigenvalue weighted by atomic mass is 16.4. The molecule has 0 atom stereocenters. The third kappa shape index (κ3) is 6.13. The number of oxazole rings is 2. The Morgan fingerprint density at radius 1 is 0.311 bits per heavy atom. The van der Waals surface area contributed by atoms with E-state index < -0.39 is 0 Å². The predicted octanol–water partition coefficient (Wildman–Crippen LogP) is 13.3. The van der Waals surface area contributed by atoms with Crippen LogP contribution >= 0.6 is 0 Å². The van der Waals surface area contributed by atoms with E-state index in [0.29, 0.717) is 29.3 Å². The first-order valence-electron chi connectivity index (χ1n) is 20.1. The van der Waals surface area contributed by atoms with Crippen molar-refractivity contribution >= 4 is 44.0 Å². The number of hydrogen-bond donors (Lipinski definition) is 0. The van der Waals surface area contributed by atoms with E-state index in [1.54, 1.807) is 0 Å². The van der Waals surface area contributed by atoms with Crippen molar-refractivity contribution < 1.29 is 8.83 Å². The molecule has 61 heavy (non-hydrogen) atoms. The maximum absolute atomic E-state index is 6.07. The van der Waals surface area contributed by atoms with E-state index in [1.165, 1.54) is 11.1 Å². The molecule has 0 spiro atoms. The Kier molecular flexibility index (Phi) is 7.99. The highest BCUT2D eigenvalue weighted by Crippen LogP contribution is 2.36. The summed E-state index contributed by atoms with van der Waals surface area (Å²) < 4.78 is 14.5. The van der Waals surface area contributed by atoms with Crippen LogP contribution in [-0.4, -0.2) is 29.5 Å². The Morgan fingerprint density at radius 3 is 1.34 bits per heavy atom. The van der Waals surface area contributed by atoms with E-state index in [2.05, 4.69) is 95.6 Å². The van der Waals surface area contributed by atoms with Crippen LogP contribution < -0.4 is 0 Å². The molecule has 12 rings (SSSR count). The lowest BCUT2D eigenvalue weighted by molar-refractivity contribution is 0.619. The molecule has 0 aliphatic carbocycles. The summed E-state index contributed by atoms with van der Waals surface area (Å²) in [5.41, 5.74) is 13.1. The number of fused-ring (bicyclic) bond motifs is 5. The molecule has 0 aliphatic rings. The average Bonchev–Trinajstić information content (AvgIpc) is 4.06. The smallest absolute Gasteiger partial charge is 0.227 e. The Morgan fingerprint density at radius 2 is 0.754 bits per heavy atom. The number of aromatic nitrogens is 6. The maximum Gasteiger partial charge on any atom is 0.227 e. The van der Waals surface area contributed by atoms with Gasteiger partial charge in [0.2, 0.25) is 11.8 Å². The molecule has 286 valence electrons. The number of benzene rings is 8. The normalized spacial score (nSPS) is 11.6. The number of rotatable bonds is 7. The van der Waals surface area contributed by atoms with Crippen LogP contribution in [0.2, 0.25) is 0 Å². The van der Waals surface area contributed by atoms with Crippen LogP contribution in [-0.2, 0) is 0 Å². The molecular weight excluding hydrogens is 753 g/mol. The molecule has 0 saturated carbocycles. The van der Waals surface area contributed by atoms with Crippen LogP contribution in [0.3, 0.4) is 0 Å². The minimum Gasteiger partial charge on any atom is -0.436 e. The lowest BCUT2D eigenvalue weighted by atomic mass is 10.1. The molecule has 12 aromatic rings. The fraction of sp³-hybridized carbons (Fsp3) is 0. The van der Waals surface area contributed by atoms with Crippen molar-refractivity contribution in [2.75, 3.05) is 0 Å². The largest absolute Gasteiger partial charge is 0.436 e. The highest BCUT2D eigenvalue weighted by molar-refractivity contribution is 6.10. The van der Waals surface area contributed by atoms with E-state index >= 15 is 0 Å². The summed E-state index contributed by atoms with van der Waals surface area (Å²) in [6.07, 6.45) is 0. The lowest BCUT2D eigenvalue weighted by Gasteiger charge is -2.11. The van der Waals surface area contributed by atoms with Gasteiger partial charge in [-0.3, -0.25) is 0 Å². The van der Waals surface area contributed by atoms with Crippen LogP contribution in [0.25, 0.3) is 118 Å². The van der Waals surface area contributed by atoms with E-state index in [0.717, 1.165) is 77.5 Å². The van der Waals surface area contributed by atoms with E-state index in [4.69, 9.17) is 33.8 Å². The summed E-state index contributed by atoms with van der Waals surface area (Å²) in [6, 6.07) is 65.7. The van der Waals surface area contributed by atoms with Crippen LogP contribution in [0.5, 0.6) is 0 Å². The summed E-state index contributed by atoms with van der Waals surface area (Å²) in [5, 5.41) is 2.25. The van der Waals surface area contributed by atoms with Gasteiger partial charge in [-0.25, -0.2) is 24.9 Å². The van der Waals surface area contributed by atoms with Gasteiger partial charge in [0.25, 0.3) is 0 Å². The van der Waals surface area contributed by atoms with Gasteiger partial charge in [0.15, 0.2) is 28.6 Å². The highest BCUT2D eigenvalue weighted by Gasteiger charge is 2.18.